The molecular formula is C15H12N2O. The Kier molecular flexibility index (Phi) is 3.40. The molecular weight excluding hydrogens is 224 g/mol. The summed E-state index contributed by atoms with van der Waals surface area (Å²) < 4.78 is 0. The van der Waals surface area contributed by atoms with E-state index in [1.54, 1.807) is 25.2 Å². The highest BCUT2D eigenvalue weighted by atomic mass is 16.1. The summed E-state index contributed by atoms with van der Waals surface area (Å²) in [5.74, 6) is -0.154. The molecule has 0 saturated heterocycles. The third-order valence-corrected chi connectivity index (χ3v) is 2.71. The summed E-state index contributed by atoms with van der Waals surface area (Å²) in [6.07, 6.45) is 0. The molecule has 0 atom stereocenters. The Morgan fingerprint density at radius 3 is 2.50 bits per heavy atom. The predicted octanol–water partition coefficient (Wildman–Crippen LogP) is 2.58. The van der Waals surface area contributed by atoms with Crippen molar-refractivity contribution in [3.8, 4) is 17.2 Å². The SMILES string of the molecule is CNC(=O)c1ccc(C#N)cc1-c1ccccc1. The lowest BCUT2D eigenvalue weighted by Gasteiger charge is -2.09. The highest BCUT2D eigenvalue weighted by Crippen LogP contribution is 2.24. The predicted molar refractivity (Wildman–Crippen MR) is 70.0 cm³/mol. The van der Waals surface area contributed by atoms with Crippen molar-refractivity contribution in [2.75, 3.05) is 7.05 Å². The van der Waals surface area contributed by atoms with Gasteiger partial charge in [-0.1, -0.05) is 30.3 Å². The van der Waals surface area contributed by atoms with E-state index in [0.717, 1.165) is 11.1 Å². The molecule has 0 bridgehead atoms. The molecule has 2 aromatic carbocycles. The molecule has 2 rings (SSSR count). The Bertz CT molecular complexity index is 612. The van der Waals surface area contributed by atoms with E-state index >= 15 is 0 Å². The van der Waals surface area contributed by atoms with Crippen LogP contribution < -0.4 is 5.32 Å². The summed E-state index contributed by atoms with van der Waals surface area (Å²) in [4.78, 5) is 11.8. The van der Waals surface area contributed by atoms with Crippen molar-refractivity contribution in [3.63, 3.8) is 0 Å². The van der Waals surface area contributed by atoms with E-state index < -0.39 is 0 Å². The molecule has 0 fully saturated rings. The normalized spacial score (nSPS) is 9.56. The number of amides is 1. The molecule has 0 heterocycles. The quantitative estimate of drug-likeness (QED) is 0.871. The second-order valence-corrected chi connectivity index (χ2v) is 3.82. The topological polar surface area (TPSA) is 52.9 Å². The Morgan fingerprint density at radius 2 is 1.89 bits per heavy atom. The van der Waals surface area contributed by atoms with Crippen molar-refractivity contribution in [1.29, 1.82) is 5.26 Å². The van der Waals surface area contributed by atoms with Gasteiger partial charge in [-0.15, -0.1) is 0 Å². The fourth-order valence-corrected chi connectivity index (χ4v) is 1.80. The molecule has 3 nitrogen and oxygen atoms in total. The third kappa shape index (κ3) is 2.23. The minimum absolute atomic E-state index is 0.154. The Hall–Kier alpha value is -2.60. The molecule has 3 heteroatoms. The smallest absolute Gasteiger partial charge is 0.251 e. The van der Waals surface area contributed by atoms with Gasteiger partial charge in [0.1, 0.15) is 0 Å². The number of rotatable bonds is 2. The molecule has 0 aliphatic rings. The molecule has 1 N–H and O–H groups in total. The summed E-state index contributed by atoms with van der Waals surface area (Å²) in [7, 11) is 1.59. The number of nitrogens with zero attached hydrogens (tertiary/aromatic N) is 1. The van der Waals surface area contributed by atoms with Crippen LogP contribution in [0.1, 0.15) is 15.9 Å². The van der Waals surface area contributed by atoms with Gasteiger partial charge in [-0.25, -0.2) is 0 Å². The summed E-state index contributed by atoms with van der Waals surface area (Å²) >= 11 is 0. The highest BCUT2D eigenvalue weighted by Gasteiger charge is 2.12. The summed E-state index contributed by atoms with van der Waals surface area (Å²) in [5, 5.41) is 11.6. The lowest BCUT2D eigenvalue weighted by molar-refractivity contribution is 0.0963. The Labute approximate surface area is 106 Å². The van der Waals surface area contributed by atoms with E-state index in [9.17, 15) is 4.79 Å². The van der Waals surface area contributed by atoms with Crippen LogP contribution in [0, 0.1) is 11.3 Å². The average molecular weight is 236 g/mol. The molecule has 2 aromatic rings. The molecule has 1 amide bonds. The van der Waals surface area contributed by atoms with Gasteiger partial charge in [-0.2, -0.15) is 5.26 Å². The van der Waals surface area contributed by atoms with Crippen LogP contribution in [-0.2, 0) is 0 Å². The lowest BCUT2D eigenvalue weighted by atomic mass is 9.97. The number of benzene rings is 2. The fraction of sp³-hybridized carbons (Fsp3) is 0.0667. The zero-order valence-electron chi connectivity index (χ0n) is 9.97. The van der Waals surface area contributed by atoms with Crippen molar-refractivity contribution >= 4 is 5.91 Å². The third-order valence-electron chi connectivity index (χ3n) is 2.71. The molecule has 0 unspecified atom stereocenters. The van der Waals surface area contributed by atoms with Crippen molar-refractivity contribution in [2.24, 2.45) is 0 Å². The molecule has 0 aromatic heterocycles. The number of carbonyl (C=O) groups is 1. The van der Waals surface area contributed by atoms with E-state index in [2.05, 4.69) is 11.4 Å². The first-order chi connectivity index (χ1) is 8.76. The molecule has 18 heavy (non-hydrogen) atoms. The zero-order valence-corrected chi connectivity index (χ0v) is 9.97. The molecule has 0 aliphatic heterocycles. The van der Waals surface area contributed by atoms with Gasteiger partial charge in [0.15, 0.2) is 0 Å². The van der Waals surface area contributed by atoms with Crippen LogP contribution in [0.3, 0.4) is 0 Å². The van der Waals surface area contributed by atoms with Gasteiger partial charge in [-0.05, 0) is 29.3 Å². The van der Waals surface area contributed by atoms with Gasteiger partial charge in [0, 0.05) is 12.6 Å². The van der Waals surface area contributed by atoms with Gasteiger partial charge in [0.25, 0.3) is 5.91 Å². The summed E-state index contributed by atoms with van der Waals surface area (Å²) in [5.41, 5.74) is 2.81. The first kappa shape index (κ1) is 11.9. The molecule has 0 saturated carbocycles. The molecule has 88 valence electrons. The average Bonchev–Trinajstić information content (AvgIpc) is 2.46. The van der Waals surface area contributed by atoms with Crippen LogP contribution >= 0.6 is 0 Å². The lowest BCUT2D eigenvalue weighted by Crippen LogP contribution is -2.18. The van der Waals surface area contributed by atoms with Gasteiger partial charge in [0.05, 0.1) is 11.6 Å². The van der Waals surface area contributed by atoms with Crippen molar-refractivity contribution in [1.82, 2.24) is 5.32 Å². The van der Waals surface area contributed by atoms with Crippen LogP contribution in [0.5, 0.6) is 0 Å². The number of nitriles is 1. The summed E-state index contributed by atoms with van der Waals surface area (Å²) in [6, 6.07) is 16.7. The number of nitrogens with one attached hydrogen (secondary N) is 1. The largest absolute Gasteiger partial charge is 0.355 e. The highest BCUT2D eigenvalue weighted by molar-refractivity contribution is 6.01. The van der Waals surface area contributed by atoms with E-state index in [0.29, 0.717) is 11.1 Å². The van der Waals surface area contributed by atoms with Crippen LogP contribution in [0.25, 0.3) is 11.1 Å². The second-order valence-electron chi connectivity index (χ2n) is 3.82. The van der Waals surface area contributed by atoms with E-state index in [4.69, 9.17) is 5.26 Å². The van der Waals surface area contributed by atoms with Crippen LogP contribution in [-0.4, -0.2) is 13.0 Å². The summed E-state index contributed by atoms with van der Waals surface area (Å²) in [6.45, 7) is 0. The van der Waals surface area contributed by atoms with E-state index in [1.807, 2.05) is 30.3 Å². The van der Waals surface area contributed by atoms with Crippen LogP contribution in [0.4, 0.5) is 0 Å². The molecule has 0 radical (unpaired) electrons. The monoisotopic (exact) mass is 236 g/mol. The van der Waals surface area contributed by atoms with Crippen LogP contribution in [0.2, 0.25) is 0 Å². The maximum absolute atomic E-state index is 11.8. The Morgan fingerprint density at radius 1 is 1.17 bits per heavy atom. The number of hydrogen-bond acceptors (Lipinski definition) is 2. The van der Waals surface area contributed by atoms with Gasteiger partial charge in [-0.3, -0.25) is 4.79 Å². The zero-order chi connectivity index (χ0) is 13.0. The van der Waals surface area contributed by atoms with Crippen molar-refractivity contribution in [3.05, 3.63) is 59.7 Å². The maximum atomic E-state index is 11.8. The Balaban J connectivity index is 2.63. The van der Waals surface area contributed by atoms with Gasteiger partial charge >= 0.3 is 0 Å². The maximum Gasteiger partial charge on any atom is 0.251 e. The molecule has 0 spiro atoms. The second kappa shape index (κ2) is 5.15. The van der Waals surface area contributed by atoms with Gasteiger partial charge < -0.3 is 5.32 Å². The van der Waals surface area contributed by atoms with E-state index in [1.165, 1.54) is 0 Å². The first-order valence-electron chi connectivity index (χ1n) is 5.58. The number of carbonyl (C=O) groups excluding carboxylic acids is 1. The minimum Gasteiger partial charge on any atom is -0.355 e. The fourth-order valence-electron chi connectivity index (χ4n) is 1.80. The van der Waals surface area contributed by atoms with E-state index in [-0.39, 0.29) is 5.91 Å². The van der Waals surface area contributed by atoms with Gasteiger partial charge in [0.2, 0.25) is 0 Å². The van der Waals surface area contributed by atoms with Crippen molar-refractivity contribution < 1.29 is 4.79 Å². The minimum atomic E-state index is -0.154. The standard InChI is InChI=1S/C15H12N2O/c1-17-15(18)13-8-7-11(10-16)9-14(13)12-5-3-2-4-6-12/h2-9H,1H3,(H,17,18). The van der Waals surface area contributed by atoms with Crippen molar-refractivity contribution in [2.45, 2.75) is 0 Å². The first-order valence-corrected chi connectivity index (χ1v) is 5.58. The number of hydrogen-bond donors (Lipinski definition) is 1. The molecule has 0 aliphatic carbocycles. The van der Waals surface area contributed by atoms with Crippen LogP contribution in [0.15, 0.2) is 48.5 Å².